The van der Waals surface area contributed by atoms with Gasteiger partial charge in [-0.25, -0.2) is 4.98 Å². The van der Waals surface area contributed by atoms with Gasteiger partial charge in [0.15, 0.2) is 5.65 Å². The standard InChI is InChI=1S/C22H16BrF3N4O3/c1-11-15(20(31)28-13-9-6-10-14(33-2)17(13)23)21(32)30-19(27-11)16(12-7-4-3-5-8-12)18(29-30)22(24,25)26/h3-10,29H,1-2H3,(H,28,31). The summed E-state index contributed by atoms with van der Waals surface area (Å²) in [5.74, 6) is -0.376. The highest BCUT2D eigenvalue weighted by Crippen LogP contribution is 2.38. The van der Waals surface area contributed by atoms with Crippen molar-refractivity contribution >= 4 is 33.2 Å². The topological polar surface area (TPSA) is 88.5 Å². The summed E-state index contributed by atoms with van der Waals surface area (Å²) in [7, 11) is 1.45. The number of aromatic amines is 1. The molecule has 170 valence electrons. The number of amides is 1. The fourth-order valence-corrected chi connectivity index (χ4v) is 4.00. The second-order valence-corrected chi connectivity index (χ2v) is 7.83. The molecule has 0 aliphatic rings. The lowest BCUT2D eigenvalue weighted by atomic mass is 10.1. The van der Waals surface area contributed by atoms with Crippen LogP contribution >= 0.6 is 15.9 Å². The summed E-state index contributed by atoms with van der Waals surface area (Å²) < 4.78 is 47.7. The number of nitrogens with one attached hydrogen (secondary N) is 2. The van der Waals surface area contributed by atoms with Gasteiger partial charge in [-0.05, 0) is 40.5 Å². The number of rotatable bonds is 4. The normalized spacial score (nSPS) is 11.6. The average molecular weight is 521 g/mol. The predicted octanol–water partition coefficient (Wildman–Crippen LogP) is 5.04. The summed E-state index contributed by atoms with van der Waals surface area (Å²) in [6.45, 7) is 1.39. The van der Waals surface area contributed by atoms with Crippen molar-refractivity contribution < 1.29 is 22.7 Å². The molecule has 2 aromatic carbocycles. The molecule has 0 fully saturated rings. The number of benzene rings is 2. The van der Waals surface area contributed by atoms with Gasteiger partial charge in [-0.2, -0.15) is 17.7 Å². The van der Waals surface area contributed by atoms with Crippen molar-refractivity contribution in [1.82, 2.24) is 14.6 Å². The number of aryl methyl sites for hydroxylation is 1. The van der Waals surface area contributed by atoms with E-state index >= 15 is 0 Å². The van der Waals surface area contributed by atoms with Crippen LogP contribution < -0.4 is 15.6 Å². The Bertz CT molecular complexity index is 1430. The Balaban J connectivity index is 1.89. The monoisotopic (exact) mass is 520 g/mol. The highest BCUT2D eigenvalue weighted by atomic mass is 79.9. The average Bonchev–Trinajstić information content (AvgIpc) is 3.16. The molecule has 4 rings (SSSR count). The van der Waals surface area contributed by atoms with Gasteiger partial charge >= 0.3 is 6.18 Å². The molecule has 0 radical (unpaired) electrons. The first-order valence-corrected chi connectivity index (χ1v) is 10.3. The number of hydrogen-bond acceptors (Lipinski definition) is 4. The number of H-pyrrole nitrogens is 1. The number of halogens is 4. The third-order valence-electron chi connectivity index (χ3n) is 4.97. The van der Waals surface area contributed by atoms with E-state index in [4.69, 9.17) is 4.74 Å². The summed E-state index contributed by atoms with van der Waals surface area (Å²) in [5, 5.41) is 4.67. The first-order chi connectivity index (χ1) is 15.6. The van der Waals surface area contributed by atoms with Crippen LogP contribution in [0.15, 0.2) is 57.8 Å². The van der Waals surface area contributed by atoms with Crippen LogP contribution in [0.5, 0.6) is 5.75 Å². The first-order valence-electron chi connectivity index (χ1n) is 9.55. The van der Waals surface area contributed by atoms with Gasteiger partial charge in [0.25, 0.3) is 11.5 Å². The van der Waals surface area contributed by atoms with Crippen molar-refractivity contribution in [1.29, 1.82) is 0 Å². The largest absolute Gasteiger partial charge is 0.495 e. The Kier molecular flexibility index (Phi) is 5.75. The molecule has 0 aliphatic carbocycles. The highest BCUT2D eigenvalue weighted by molar-refractivity contribution is 9.10. The molecular formula is C22H16BrF3N4O3. The van der Waals surface area contributed by atoms with Crippen LogP contribution in [0.25, 0.3) is 16.8 Å². The smallest absolute Gasteiger partial charge is 0.433 e. The van der Waals surface area contributed by atoms with E-state index in [-0.39, 0.29) is 22.5 Å². The fourth-order valence-electron chi connectivity index (χ4n) is 3.47. The van der Waals surface area contributed by atoms with Crippen molar-refractivity contribution in [2.75, 3.05) is 12.4 Å². The van der Waals surface area contributed by atoms with E-state index in [0.717, 1.165) is 0 Å². The second kappa shape index (κ2) is 8.39. The van der Waals surface area contributed by atoms with Crippen LogP contribution in [0, 0.1) is 6.92 Å². The van der Waals surface area contributed by atoms with Crippen LogP contribution in [0.4, 0.5) is 18.9 Å². The zero-order chi connectivity index (χ0) is 23.9. The molecule has 0 saturated heterocycles. The second-order valence-electron chi connectivity index (χ2n) is 7.04. The number of methoxy groups -OCH3 is 1. The van der Waals surface area contributed by atoms with E-state index < -0.39 is 28.9 Å². The Morgan fingerprint density at radius 3 is 2.48 bits per heavy atom. The Hall–Kier alpha value is -3.60. The Labute approximate surface area is 193 Å². The molecule has 2 N–H and O–H groups in total. The van der Waals surface area contributed by atoms with Gasteiger partial charge < -0.3 is 10.1 Å². The van der Waals surface area contributed by atoms with Crippen LogP contribution in [-0.2, 0) is 6.18 Å². The van der Waals surface area contributed by atoms with E-state index in [1.807, 2.05) is 0 Å². The first kappa shape index (κ1) is 22.6. The van der Waals surface area contributed by atoms with Crippen LogP contribution in [0.1, 0.15) is 21.7 Å². The van der Waals surface area contributed by atoms with Crippen molar-refractivity contribution in [3.63, 3.8) is 0 Å². The van der Waals surface area contributed by atoms with E-state index in [2.05, 4.69) is 31.3 Å². The third kappa shape index (κ3) is 3.99. The van der Waals surface area contributed by atoms with Crippen LogP contribution in [-0.4, -0.2) is 27.6 Å². The number of nitrogens with zero attached hydrogens (tertiary/aromatic N) is 2. The molecule has 0 atom stereocenters. The van der Waals surface area contributed by atoms with Crippen molar-refractivity contribution in [3.05, 3.63) is 80.3 Å². The molecular weight excluding hydrogens is 505 g/mol. The minimum Gasteiger partial charge on any atom is -0.495 e. The lowest BCUT2D eigenvalue weighted by Gasteiger charge is -2.11. The molecule has 1 amide bonds. The molecule has 4 aromatic rings. The van der Waals surface area contributed by atoms with Crippen molar-refractivity contribution in [3.8, 4) is 16.9 Å². The molecule has 11 heteroatoms. The van der Waals surface area contributed by atoms with Gasteiger partial charge in [-0.3, -0.25) is 14.7 Å². The van der Waals surface area contributed by atoms with Gasteiger partial charge in [0.1, 0.15) is 17.0 Å². The number of aromatic nitrogens is 3. The van der Waals surface area contributed by atoms with Gasteiger partial charge in [0, 0.05) is 0 Å². The third-order valence-corrected chi connectivity index (χ3v) is 5.78. The van der Waals surface area contributed by atoms with E-state index in [0.29, 0.717) is 20.4 Å². The Morgan fingerprint density at radius 2 is 1.85 bits per heavy atom. The summed E-state index contributed by atoms with van der Waals surface area (Å²) in [5.41, 5.74) is -2.45. The molecule has 2 heterocycles. The number of fused-ring (bicyclic) bond motifs is 1. The minimum atomic E-state index is -4.78. The molecule has 33 heavy (non-hydrogen) atoms. The predicted molar refractivity (Wildman–Crippen MR) is 120 cm³/mol. The Morgan fingerprint density at radius 1 is 1.15 bits per heavy atom. The van der Waals surface area contributed by atoms with Gasteiger partial charge in [-0.15, -0.1) is 0 Å². The van der Waals surface area contributed by atoms with Gasteiger partial charge in [-0.1, -0.05) is 36.4 Å². The maximum Gasteiger partial charge on any atom is 0.433 e. The number of hydrogen-bond donors (Lipinski definition) is 2. The number of anilines is 1. The number of ether oxygens (including phenoxy) is 1. The molecule has 2 aromatic heterocycles. The van der Waals surface area contributed by atoms with Crippen LogP contribution in [0.2, 0.25) is 0 Å². The van der Waals surface area contributed by atoms with E-state index in [1.165, 1.54) is 26.2 Å². The zero-order valence-electron chi connectivity index (χ0n) is 17.2. The number of alkyl halides is 3. The summed E-state index contributed by atoms with van der Waals surface area (Å²) in [6.07, 6.45) is -4.78. The fraction of sp³-hybridized carbons (Fsp3) is 0.136. The van der Waals surface area contributed by atoms with Crippen molar-refractivity contribution in [2.45, 2.75) is 13.1 Å². The van der Waals surface area contributed by atoms with Gasteiger partial charge in [0.05, 0.1) is 28.5 Å². The van der Waals surface area contributed by atoms with E-state index in [9.17, 15) is 22.8 Å². The lowest BCUT2D eigenvalue weighted by Crippen LogP contribution is -2.29. The summed E-state index contributed by atoms with van der Waals surface area (Å²) >= 11 is 3.31. The lowest BCUT2D eigenvalue weighted by molar-refractivity contribution is -0.140. The molecule has 0 saturated carbocycles. The molecule has 7 nitrogen and oxygen atoms in total. The quantitative estimate of drug-likeness (QED) is 0.394. The maximum atomic E-state index is 13.8. The molecule has 0 bridgehead atoms. The zero-order valence-corrected chi connectivity index (χ0v) is 18.8. The summed E-state index contributed by atoms with van der Waals surface area (Å²) in [4.78, 5) is 30.3. The van der Waals surface area contributed by atoms with Crippen molar-refractivity contribution in [2.24, 2.45) is 0 Å². The number of carbonyl (C=O) groups is 1. The number of carbonyl (C=O) groups excluding carboxylic acids is 1. The van der Waals surface area contributed by atoms with E-state index in [1.54, 1.807) is 36.4 Å². The summed E-state index contributed by atoms with van der Waals surface area (Å²) in [6, 6.07) is 12.7. The van der Waals surface area contributed by atoms with Crippen LogP contribution in [0.3, 0.4) is 0 Å². The molecule has 0 unspecified atom stereocenters. The SMILES string of the molecule is COc1cccc(NC(=O)c2c(C)nc3c(-c4ccccc4)c(C(F)(F)F)[nH]n3c2=O)c1Br. The maximum absolute atomic E-state index is 13.8. The molecule has 0 aliphatic heterocycles. The van der Waals surface area contributed by atoms with Gasteiger partial charge in [0.2, 0.25) is 0 Å². The highest BCUT2D eigenvalue weighted by Gasteiger charge is 2.38. The minimum absolute atomic E-state index is 0.0126. The molecule has 0 spiro atoms.